The maximum atomic E-state index is 12.5. The monoisotopic (exact) mass is 290 g/mol. The molecular weight excluding hydrogens is 273 g/mol. The van der Waals surface area contributed by atoms with Crippen molar-refractivity contribution in [3.63, 3.8) is 0 Å². The lowest BCUT2D eigenvalue weighted by atomic mass is 10.0. The average Bonchev–Trinajstić information content (AvgIpc) is 2.30. The Balaban J connectivity index is 2.93. The van der Waals surface area contributed by atoms with Crippen molar-refractivity contribution in [2.75, 3.05) is 0 Å². The number of hydrogen-bond donors (Lipinski definition) is 1. The molecule has 0 atom stereocenters. The summed E-state index contributed by atoms with van der Waals surface area (Å²) in [6.07, 6.45) is -3.23. The van der Waals surface area contributed by atoms with Crippen LogP contribution in [0.3, 0.4) is 0 Å². The Hall–Kier alpha value is -1.79. The second kappa shape index (κ2) is 5.68. The Labute approximate surface area is 114 Å². The summed E-state index contributed by atoms with van der Waals surface area (Å²) in [7, 11) is 0. The Morgan fingerprint density at radius 2 is 1.90 bits per heavy atom. The lowest BCUT2D eigenvalue weighted by Crippen LogP contribution is -2.45. The van der Waals surface area contributed by atoms with Crippen molar-refractivity contribution in [3.8, 4) is 0 Å². The first-order valence-corrected chi connectivity index (χ1v) is 6.14. The molecule has 0 saturated carbocycles. The number of alkyl halides is 3. The molecule has 7 heteroatoms. The molecule has 0 aliphatic rings. The van der Waals surface area contributed by atoms with Crippen LogP contribution in [0.5, 0.6) is 0 Å². The SMILES string of the molecule is CCC(C)(C)NC(=O)Cn1cc(C(F)(F)F)ccc1=O. The summed E-state index contributed by atoms with van der Waals surface area (Å²) >= 11 is 0. The first-order valence-electron chi connectivity index (χ1n) is 6.14. The molecule has 0 fully saturated rings. The summed E-state index contributed by atoms with van der Waals surface area (Å²) in [5.41, 5.74) is -2.08. The van der Waals surface area contributed by atoms with E-state index in [1.54, 1.807) is 13.8 Å². The van der Waals surface area contributed by atoms with E-state index in [9.17, 15) is 22.8 Å². The second-order valence-electron chi connectivity index (χ2n) is 5.17. The minimum absolute atomic E-state index is 0.438. The van der Waals surface area contributed by atoms with Gasteiger partial charge in [-0.1, -0.05) is 6.92 Å². The fourth-order valence-corrected chi connectivity index (χ4v) is 1.48. The number of carbonyl (C=O) groups excluding carboxylic acids is 1. The summed E-state index contributed by atoms with van der Waals surface area (Å²) in [6, 6.07) is 1.51. The Kier molecular flexibility index (Phi) is 4.62. The highest BCUT2D eigenvalue weighted by Crippen LogP contribution is 2.27. The predicted molar refractivity (Wildman–Crippen MR) is 68.2 cm³/mol. The topological polar surface area (TPSA) is 51.1 Å². The molecule has 112 valence electrons. The van der Waals surface area contributed by atoms with Crippen LogP contribution in [0.2, 0.25) is 0 Å². The van der Waals surface area contributed by atoms with Crippen LogP contribution >= 0.6 is 0 Å². The van der Waals surface area contributed by atoms with E-state index in [1.807, 2.05) is 6.92 Å². The molecule has 4 nitrogen and oxygen atoms in total. The number of pyridine rings is 1. The third kappa shape index (κ3) is 4.40. The smallest absolute Gasteiger partial charge is 0.350 e. The minimum Gasteiger partial charge on any atom is -0.350 e. The van der Waals surface area contributed by atoms with E-state index in [0.29, 0.717) is 18.7 Å². The molecular formula is C13H17F3N2O2. The molecule has 1 rings (SSSR count). The molecule has 0 aliphatic heterocycles. The normalized spacial score (nSPS) is 12.3. The van der Waals surface area contributed by atoms with E-state index in [-0.39, 0.29) is 0 Å². The molecule has 1 N–H and O–H groups in total. The molecule has 0 unspecified atom stereocenters. The molecule has 0 radical (unpaired) electrons. The number of amides is 1. The number of aromatic nitrogens is 1. The first-order chi connectivity index (χ1) is 9.05. The van der Waals surface area contributed by atoms with Gasteiger partial charge in [-0.15, -0.1) is 0 Å². The number of carbonyl (C=O) groups is 1. The van der Waals surface area contributed by atoms with Gasteiger partial charge in [0.25, 0.3) is 5.56 Å². The molecule has 20 heavy (non-hydrogen) atoms. The number of halogens is 3. The van der Waals surface area contributed by atoms with E-state index in [0.717, 1.165) is 10.6 Å². The number of nitrogens with one attached hydrogen (secondary N) is 1. The van der Waals surface area contributed by atoms with Crippen LogP contribution < -0.4 is 10.9 Å². The quantitative estimate of drug-likeness (QED) is 0.924. The van der Waals surface area contributed by atoms with Gasteiger partial charge in [-0.3, -0.25) is 9.59 Å². The first kappa shape index (κ1) is 16.3. The van der Waals surface area contributed by atoms with Crippen molar-refractivity contribution in [1.82, 2.24) is 9.88 Å². The lowest BCUT2D eigenvalue weighted by Gasteiger charge is -2.24. The molecule has 0 aromatic carbocycles. The maximum absolute atomic E-state index is 12.5. The molecule has 0 spiro atoms. The molecule has 0 aliphatic carbocycles. The summed E-state index contributed by atoms with van der Waals surface area (Å²) in [5.74, 6) is -0.502. The standard InChI is InChI=1S/C13H17F3N2O2/c1-4-12(2,3)17-10(19)8-18-7-9(13(14,15)16)5-6-11(18)20/h5-7H,4,8H2,1-3H3,(H,17,19). The predicted octanol–water partition coefficient (Wildman–Crippen LogP) is 2.17. The zero-order chi connectivity index (χ0) is 15.6. The summed E-state index contributed by atoms with van der Waals surface area (Å²) in [4.78, 5) is 23.2. The summed E-state index contributed by atoms with van der Waals surface area (Å²) < 4.78 is 38.4. The molecule has 1 heterocycles. The minimum atomic E-state index is -4.55. The van der Waals surface area contributed by atoms with Crippen LogP contribution in [0.15, 0.2) is 23.1 Å². The zero-order valence-electron chi connectivity index (χ0n) is 11.5. The van der Waals surface area contributed by atoms with E-state index < -0.39 is 35.3 Å². The largest absolute Gasteiger partial charge is 0.417 e. The van der Waals surface area contributed by atoms with Gasteiger partial charge in [0.15, 0.2) is 0 Å². The number of rotatable bonds is 4. The zero-order valence-corrected chi connectivity index (χ0v) is 11.5. The van der Waals surface area contributed by atoms with E-state index in [4.69, 9.17) is 0 Å². The van der Waals surface area contributed by atoms with Crippen molar-refractivity contribution in [1.29, 1.82) is 0 Å². The van der Waals surface area contributed by atoms with E-state index in [1.165, 1.54) is 0 Å². The number of hydrogen-bond acceptors (Lipinski definition) is 2. The fourth-order valence-electron chi connectivity index (χ4n) is 1.48. The van der Waals surface area contributed by atoms with Gasteiger partial charge in [-0.05, 0) is 26.3 Å². The molecule has 1 aromatic heterocycles. The van der Waals surface area contributed by atoms with Crippen LogP contribution in [-0.4, -0.2) is 16.0 Å². The molecule has 0 saturated heterocycles. The van der Waals surface area contributed by atoms with Gasteiger partial charge in [0.05, 0.1) is 5.56 Å². The van der Waals surface area contributed by atoms with E-state index >= 15 is 0 Å². The third-order valence-corrected chi connectivity index (χ3v) is 2.99. The van der Waals surface area contributed by atoms with Crippen LogP contribution in [-0.2, 0) is 17.5 Å². The van der Waals surface area contributed by atoms with Crippen LogP contribution in [0.1, 0.15) is 32.8 Å². The van der Waals surface area contributed by atoms with Crippen LogP contribution in [0.25, 0.3) is 0 Å². The van der Waals surface area contributed by atoms with Gasteiger partial charge in [0, 0.05) is 17.8 Å². The van der Waals surface area contributed by atoms with Gasteiger partial charge in [-0.2, -0.15) is 13.2 Å². The Bertz CT molecular complexity index is 547. The van der Waals surface area contributed by atoms with Crippen LogP contribution in [0.4, 0.5) is 13.2 Å². The van der Waals surface area contributed by atoms with Gasteiger partial charge in [0.1, 0.15) is 6.54 Å². The van der Waals surface area contributed by atoms with Gasteiger partial charge < -0.3 is 9.88 Å². The van der Waals surface area contributed by atoms with Gasteiger partial charge in [-0.25, -0.2) is 0 Å². The highest BCUT2D eigenvalue weighted by atomic mass is 19.4. The van der Waals surface area contributed by atoms with Crippen LogP contribution in [0, 0.1) is 0 Å². The highest BCUT2D eigenvalue weighted by Gasteiger charge is 2.31. The van der Waals surface area contributed by atoms with Crippen molar-refractivity contribution in [3.05, 3.63) is 34.2 Å². The average molecular weight is 290 g/mol. The highest BCUT2D eigenvalue weighted by molar-refractivity contribution is 5.76. The third-order valence-electron chi connectivity index (χ3n) is 2.99. The summed E-state index contributed by atoms with van der Waals surface area (Å²) in [5, 5.41) is 2.66. The second-order valence-corrected chi connectivity index (χ2v) is 5.17. The van der Waals surface area contributed by atoms with Gasteiger partial charge >= 0.3 is 6.18 Å². The Morgan fingerprint density at radius 3 is 2.40 bits per heavy atom. The van der Waals surface area contributed by atoms with Crippen molar-refractivity contribution in [2.24, 2.45) is 0 Å². The maximum Gasteiger partial charge on any atom is 0.417 e. The number of nitrogens with zero attached hydrogens (tertiary/aromatic N) is 1. The van der Waals surface area contributed by atoms with Crippen molar-refractivity contribution < 1.29 is 18.0 Å². The van der Waals surface area contributed by atoms with Gasteiger partial charge in [0.2, 0.25) is 5.91 Å². The van der Waals surface area contributed by atoms with Crippen molar-refractivity contribution in [2.45, 2.75) is 45.5 Å². The Morgan fingerprint density at radius 1 is 1.30 bits per heavy atom. The van der Waals surface area contributed by atoms with E-state index in [2.05, 4.69) is 5.32 Å². The molecule has 1 aromatic rings. The lowest BCUT2D eigenvalue weighted by molar-refractivity contribution is -0.138. The fraction of sp³-hybridized carbons (Fsp3) is 0.538. The summed E-state index contributed by atoms with van der Waals surface area (Å²) in [6.45, 7) is 5.02. The van der Waals surface area contributed by atoms with Crippen molar-refractivity contribution >= 4 is 5.91 Å². The molecule has 0 bridgehead atoms. The molecule has 1 amide bonds.